The van der Waals surface area contributed by atoms with Crippen LogP contribution in [0.2, 0.25) is 10.0 Å². The second kappa shape index (κ2) is 9.42. The number of ether oxygens (including phenoxy) is 2. The lowest BCUT2D eigenvalue weighted by Crippen LogP contribution is -2.61. The number of hydrogen-bond donors (Lipinski definition) is 1. The van der Waals surface area contributed by atoms with Crippen molar-refractivity contribution >= 4 is 23.2 Å². The van der Waals surface area contributed by atoms with Crippen molar-refractivity contribution in [2.45, 2.75) is 39.2 Å². The minimum absolute atomic E-state index is 0.116. The average Bonchev–Trinajstić information content (AvgIpc) is 3.23. The third-order valence-corrected chi connectivity index (χ3v) is 5.68. The van der Waals surface area contributed by atoms with Crippen LogP contribution in [0.4, 0.5) is 4.39 Å². The van der Waals surface area contributed by atoms with Gasteiger partial charge in [-0.3, -0.25) is 4.39 Å². The number of benzene rings is 2. The molecule has 1 N–H and O–H groups in total. The molecule has 2 aromatic carbocycles. The molecule has 31 heavy (non-hydrogen) atoms. The number of aromatic nitrogens is 3. The zero-order chi connectivity index (χ0) is 22.6. The van der Waals surface area contributed by atoms with Crippen LogP contribution in [0.1, 0.15) is 19.4 Å². The second-order valence-corrected chi connectivity index (χ2v) is 8.84. The number of aryl methyl sites for hydroxylation is 1. The maximum atomic E-state index is 14.2. The number of hydrogen-bond acceptors (Lipinski definition) is 5. The Morgan fingerprint density at radius 3 is 2.35 bits per heavy atom. The Morgan fingerprint density at radius 2 is 1.77 bits per heavy atom. The minimum atomic E-state index is -1.85. The van der Waals surface area contributed by atoms with Crippen molar-refractivity contribution in [1.29, 1.82) is 0 Å². The highest BCUT2D eigenvalue weighted by Crippen LogP contribution is 2.39. The lowest BCUT2D eigenvalue weighted by Gasteiger charge is -2.44. The van der Waals surface area contributed by atoms with Gasteiger partial charge >= 0.3 is 0 Å². The van der Waals surface area contributed by atoms with Gasteiger partial charge in [0, 0.05) is 15.5 Å². The summed E-state index contributed by atoms with van der Waals surface area (Å²) in [7, 11) is 0. The highest BCUT2D eigenvalue weighted by atomic mass is 35.5. The van der Waals surface area contributed by atoms with E-state index in [-0.39, 0.29) is 6.54 Å². The van der Waals surface area contributed by atoms with E-state index in [0.29, 0.717) is 21.5 Å². The molecule has 0 spiro atoms. The van der Waals surface area contributed by atoms with Gasteiger partial charge in [0.2, 0.25) is 0 Å². The van der Waals surface area contributed by atoms with Crippen LogP contribution < -0.4 is 9.47 Å². The molecule has 3 rings (SSSR count). The Labute approximate surface area is 190 Å². The van der Waals surface area contributed by atoms with E-state index in [1.807, 2.05) is 6.92 Å². The molecule has 1 aromatic heterocycles. The second-order valence-electron chi connectivity index (χ2n) is 7.97. The summed E-state index contributed by atoms with van der Waals surface area (Å²) in [4.78, 5) is 3.91. The number of alkyl halides is 1. The highest BCUT2D eigenvalue weighted by Gasteiger charge is 2.54. The molecule has 0 saturated heterocycles. The van der Waals surface area contributed by atoms with Crippen LogP contribution in [0.5, 0.6) is 11.5 Å². The fraction of sp³-hybridized carbons (Fsp3) is 0.364. The van der Waals surface area contributed by atoms with Gasteiger partial charge in [0.25, 0.3) is 6.29 Å². The Hall–Kier alpha value is -2.35. The normalized spacial score (nSPS) is 14.7. The van der Waals surface area contributed by atoms with Crippen molar-refractivity contribution in [2.24, 2.45) is 5.41 Å². The van der Waals surface area contributed by atoms with Crippen molar-refractivity contribution < 1.29 is 19.0 Å². The fourth-order valence-electron chi connectivity index (χ4n) is 3.00. The molecule has 0 radical (unpaired) electrons. The summed E-state index contributed by atoms with van der Waals surface area (Å²) in [5, 5.41) is 17.0. The van der Waals surface area contributed by atoms with E-state index in [9.17, 15) is 9.50 Å². The van der Waals surface area contributed by atoms with E-state index in [1.165, 1.54) is 17.3 Å². The molecule has 2 unspecified atom stereocenters. The van der Waals surface area contributed by atoms with Crippen LogP contribution >= 0.6 is 23.2 Å². The van der Waals surface area contributed by atoms with Crippen LogP contribution in [0.25, 0.3) is 0 Å². The van der Waals surface area contributed by atoms with Crippen LogP contribution in [0.3, 0.4) is 0 Å². The number of rotatable bonds is 9. The smallest absolute Gasteiger partial charge is 0.271 e. The lowest BCUT2D eigenvalue weighted by atomic mass is 9.75. The topological polar surface area (TPSA) is 69.4 Å². The third-order valence-electron chi connectivity index (χ3n) is 5.19. The van der Waals surface area contributed by atoms with Crippen molar-refractivity contribution in [1.82, 2.24) is 14.8 Å². The van der Waals surface area contributed by atoms with Gasteiger partial charge in [-0.25, -0.2) is 9.67 Å². The summed E-state index contributed by atoms with van der Waals surface area (Å²) in [6.07, 6.45) is 1.47. The van der Waals surface area contributed by atoms with Gasteiger partial charge in [-0.1, -0.05) is 37.0 Å². The predicted molar refractivity (Wildman–Crippen MR) is 117 cm³/mol. The fourth-order valence-corrected chi connectivity index (χ4v) is 3.35. The number of halogens is 3. The molecule has 9 heteroatoms. The van der Waals surface area contributed by atoms with Crippen molar-refractivity contribution in [3.05, 3.63) is 70.7 Å². The van der Waals surface area contributed by atoms with E-state index in [0.717, 1.165) is 5.56 Å². The first-order valence-electron chi connectivity index (χ1n) is 9.60. The van der Waals surface area contributed by atoms with Crippen LogP contribution in [0, 0.1) is 12.3 Å². The Morgan fingerprint density at radius 1 is 1.10 bits per heavy atom. The summed E-state index contributed by atoms with van der Waals surface area (Å²) >= 11 is 12.0. The van der Waals surface area contributed by atoms with Gasteiger partial charge in [-0.15, -0.1) is 0 Å². The summed E-state index contributed by atoms with van der Waals surface area (Å²) in [5.41, 5.74) is -2.38. The molecular formula is C22H24Cl2FN3O3. The Kier molecular flexibility index (Phi) is 7.09. The molecule has 0 saturated carbocycles. The molecule has 0 aliphatic heterocycles. The molecule has 3 aromatic rings. The number of nitrogens with zero attached hydrogens (tertiary/aromatic N) is 3. The standard InChI is InChI=1S/C22H24Cl2FN3O3/c1-15-10-17(24)6-9-19(15)31-20(30-18-7-4-16(23)5-8-18)22(29,21(2,3)11-25)12-28-14-26-13-27-28/h4-10,13-14,20,29H,11-12H2,1-3H3. The van der Waals surface area contributed by atoms with Gasteiger partial charge in [-0.2, -0.15) is 5.10 Å². The van der Waals surface area contributed by atoms with E-state index in [1.54, 1.807) is 56.3 Å². The summed E-state index contributed by atoms with van der Waals surface area (Å²) in [6, 6.07) is 11.7. The zero-order valence-corrected chi connectivity index (χ0v) is 18.9. The average molecular weight is 468 g/mol. The summed E-state index contributed by atoms with van der Waals surface area (Å²) in [6.45, 7) is 4.06. The molecule has 0 bridgehead atoms. The predicted octanol–water partition coefficient (Wildman–Crippen LogP) is 5.10. The van der Waals surface area contributed by atoms with Gasteiger partial charge < -0.3 is 14.6 Å². The lowest BCUT2D eigenvalue weighted by molar-refractivity contribution is -0.217. The van der Waals surface area contributed by atoms with Gasteiger partial charge in [0.05, 0.1) is 13.2 Å². The molecule has 0 amide bonds. The van der Waals surface area contributed by atoms with Gasteiger partial charge in [0.15, 0.2) is 5.60 Å². The first-order chi connectivity index (χ1) is 14.6. The van der Waals surface area contributed by atoms with Gasteiger partial charge in [-0.05, 0) is 55.0 Å². The van der Waals surface area contributed by atoms with E-state index < -0.39 is 24.0 Å². The molecule has 1 heterocycles. The quantitative estimate of drug-likeness (QED) is 0.443. The first-order valence-corrected chi connectivity index (χ1v) is 10.4. The maximum absolute atomic E-state index is 14.2. The van der Waals surface area contributed by atoms with Crippen molar-refractivity contribution in [3.8, 4) is 11.5 Å². The van der Waals surface area contributed by atoms with Crippen molar-refractivity contribution in [3.63, 3.8) is 0 Å². The summed E-state index contributed by atoms with van der Waals surface area (Å²) < 4.78 is 27.8. The molecule has 2 atom stereocenters. The Bertz CT molecular complexity index is 1000. The SMILES string of the molecule is Cc1cc(Cl)ccc1OC(Oc1ccc(Cl)cc1)C(O)(Cn1cncn1)C(C)(C)CF. The minimum Gasteiger partial charge on any atom is -0.452 e. The molecule has 166 valence electrons. The summed E-state index contributed by atoms with van der Waals surface area (Å²) in [5.74, 6) is 0.836. The molecule has 0 aliphatic rings. The molecular weight excluding hydrogens is 444 g/mol. The molecule has 0 fully saturated rings. The largest absolute Gasteiger partial charge is 0.452 e. The Balaban J connectivity index is 2.06. The zero-order valence-electron chi connectivity index (χ0n) is 17.4. The van der Waals surface area contributed by atoms with E-state index >= 15 is 0 Å². The monoisotopic (exact) mass is 467 g/mol. The first kappa shape index (κ1) is 23.3. The van der Waals surface area contributed by atoms with E-state index in [2.05, 4.69) is 10.1 Å². The maximum Gasteiger partial charge on any atom is 0.271 e. The van der Waals surface area contributed by atoms with Crippen LogP contribution in [-0.4, -0.2) is 38.4 Å². The van der Waals surface area contributed by atoms with Crippen LogP contribution in [0.15, 0.2) is 55.1 Å². The third kappa shape index (κ3) is 5.29. The molecule has 6 nitrogen and oxygen atoms in total. The highest BCUT2D eigenvalue weighted by molar-refractivity contribution is 6.30. The molecule has 0 aliphatic carbocycles. The number of aliphatic hydroxyl groups is 1. The van der Waals surface area contributed by atoms with E-state index in [4.69, 9.17) is 32.7 Å². The van der Waals surface area contributed by atoms with Crippen molar-refractivity contribution in [2.75, 3.05) is 6.67 Å². The van der Waals surface area contributed by atoms with Gasteiger partial charge in [0.1, 0.15) is 24.2 Å². The van der Waals surface area contributed by atoms with Crippen LogP contribution in [-0.2, 0) is 6.54 Å².